The van der Waals surface area contributed by atoms with Crippen molar-refractivity contribution < 1.29 is 19.1 Å². The van der Waals surface area contributed by atoms with Crippen LogP contribution in [-0.4, -0.2) is 52.2 Å². The number of imidazole rings is 1. The highest BCUT2D eigenvalue weighted by atomic mass is 35.5. The fraction of sp³-hybridized carbons (Fsp3) is 0.545. The van der Waals surface area contributed by atoms with Gasteiger partial charge in [0.2, 0.25) is 17.7 Å². The minimum Gasteiger partial charge on any atom is -0.480 e. The highest BCUT2D eigenvalue weighted by molar-refractivity contribution is 6.36. The van der Waals surface area contributed by atoms with Gasteiger partial charge in [-0.25, -0.2) is 9.97 Å². The van der Waals surface area contributed by atoms with Crippen LogP contribution in [0.1, 0.15) is 49.1 Å². The first-order valence-electron chi connectivity index (χ1n) is 11.0. The smallest absolute Gasteiger partial charge is 0.234 e. The number of amides is 2. The lowest BCUT2D eigenvalue weighted by Gasteiger charge is -2.19. The number of methoxy groups -OCH3 is 1. The molecule has 0 radical (unpaired) electrons. The van der Waals surface area contributed by atoms with E-state index in [9.17, 15) is 19.6 Å². The number of ketones is 1. The van der Waals surface area contributed by atoms with E-state index in [0.717, 1.165) is 12.8 Å². The number of Topliss-reactive ketones (excluding diaryl/α,β-unsaturated/α-hetero) is 1. The first-order valence-corrected chi connectivity index (χ1v) is 11.4. The number of H-pyrrole nitrogens is 1. The van der Waals surface area contributed by atoms with Gasteiger partial charge in [-0.3, -0.25) is 14.4 Å². The van der Waals surface area contributed by atoms with Crippen LogP contribution in [-0.2, 0) is 9.59 Å². The van der Waals surface area contributed by atoms with Crippen molar-refractivity contribution in [1.82, 2.24) is 25.6 Å². The van der Waals surface area contributed by atoms with E-state index in [0.29, 0.717) is 36.3 Å². The van der Waals surface area contributed by atoms with Gasteiger partial charge in [0.15, 0.2) is 11.6 Å². The maximum Gasteiger partial charge on any atom is 0.234 e. The van der Waals surface area contributed by atoms with Crippen LogP contribution in [0.4, 0.5) is 0 Å². The Morgan fingerprint density at radius 3 is 2.79 bits per heavy atom. The van der Waals surface area contributed by atoms with Crippen LogP contribution in [0.25, 0.3) is 11.0 Å². The zero-order valence-electron chi connectivity index (χ0n) is 18.2. The maximum absolute atomic E-state index is 13.0. The quantitative estimate of drug-likeness (QED) is 0.448. The third-order valence-electron chi connectivity index (χ3n) is 6.17. The third-order valence-corrected chi connectivity index (χ3v) is 6.51. The Labute approximate surface area is 195 Å². The molecule has 3 unspecified atom stereocenters. The molecule has 2 amide bonds. The van der Waals surface area contributed by atoms with Gasteiger partial charge in [0.25, 0.3) is 0 Å². The van der Waals surface area contributed by atoms with Crippen LogP contribution in [0, 0.1) is 29.1 Å². The van der Waals surface area contributed by atoms with Crippen molar-refractivity contribution in [1.29, 1.82) is 5.26 Å². The summed E-state index contributed by atoms with van der Waals surface area (Å²) < 4.78 is 5.09. The maximum atomic E-state index is 13.0. The molecule has 33 heavy (non-hydrogen) atoms. The minimum atomic E-state index is -0.785. The Morgan fingerprint density at radius 2 is 2.15 bits per heavy atom. The van der Waals surface area contributed by atoms with Crippen LogP contribution in [0.2, 0.25) is 5.02 Å². The molecule has 4 rings (SSSR count). The molecule has 0 spiro atoms. The fourth-order valence-electron chi connectivity index (χ4n) is 4.15. The molecule has 1 saturated heterocycles. The Hall–Kier alpha value is -3.19. The normalized spacial score (nSPS) is 19.5. The number of halogens is 1. The second-order valence-electron chi connectivity index (χ2n) is 8.64. The van der Waals surface area contributed by atoms with Crippen LogP contribution in [0.15, 0.2) is 6.20 Å². The number of hydrogen-bond donors (Lipinski definition) is 3. The number of rotatable bonds is 10. The first-order chi connectivity index (χ1) is 15.9. The molecular formula is C22H25ClN6O4. The summed E-state index contributed by atoms with van der Waals surface area (Å²) in [5.74, 6) is -0.950. The van der Waals surface area contributed by atoms with Crippen molar-refractivity contribution in [2.45, 2.75) is 44.6 Å². The summed E-state index contributed by atoms with van der Waals surface area (Å²) in [5, 5.41) is 15.2. The van der Waals surface area contributed by atoms with E-state index in [2.05, 4.69) is 31.7 Å². The van der Waals surface area contributed by atoms with Crippen molar-refractivity contribution in [3.63, 3.8) is 0 Å². The van der Waals surface area contributed by atoms with Crippen molar-refractivity contribution >= 4 is 40.2 Å². The highest BCUT2D eigenvalue weighted by Crippen LogP contribution is 2.37. The number of carbonyl (C=O) groups excluding carboxylic acids is 3. The van der Waals surface area contributed by atoms with Gasteiger partial charge in [0, 0.05) is 24.8 Å². The highest BCUT2D eigenvalue weighted by Gasteiger charge is 2.34. The number of nitrogens with zero attached hydrogens (tertiary/aromatic N) is 3. The predicted molar refractivity (Wildman–Crippen MR) is 119 cm³/mol. The second kappa shape index (κ2) is 9.75. The van der Waals surface area contributed by atoms with Gasteiger partial charge >= 0.3 is 0 Å². The number of nitriles is 1. The standard InChI is InChI=1S/C22H25ClN6O4/c1-33-22-17(23)18-15(10-26-22)28-19(29-18)16(30)8-13(6-11-2-3-11)21(32)27-14(9-24)7-12-4-5-25-20(12)31/h10-14H,2-8H2,1H3,(H,25,31)(H,27,32)(H,28,29). The van der Waals surface area contributed by atoms with E-state index in [1.54, 1.807) is 0 Å². The molecule has 174 valence electrons. The molecule has 1 aliphatic heterocycles. The number of aromatic amines is 1. The molecule has 2 fully saturated rings. The van der Waals surface area contributed by atoms with E-state index in [1.165, 1.54) is 13.3 Å². The van der Waals surface area contributed by atoms with E-state index in [4.69, 9.17) is 16.3 Å². The van der Waals surface area contributed by atoms with Crippen molar-refractivity contribution in [3.05, 3.63) is 17.0 Å². The average molecular weight is 473 g/mol. The number of fused-ring (bicyclic) bond motifs is 1. The Kier molecular flexibility index (Phi) is 6.79. The molecule has 2 aromatic rings. The Morgan fingerprint density at radius 1 is 1.36 bits per heavy atom. The third kappa shape index (κ3) is 5.25. The predicted octanol–water partition coefficient (Wildman–Crippen LogP) is 2.14. The van der Waals surface area contributed by atoms with Gasteiger partial charge in [-0.2, -0.15) is 5.26 Å². The number of pyridine rings is 1. The summed E-state index contributed by atoms with van der Waals surface area (Å²) in [5.41, 5.74) is 0.862. The molecule has 0 bridgehead atoms. The SMILES string of the molecule is COc1ncc2[nH]c(C(=O)CC(CC3CC3)C(=O)NC(C#N)CC3CCNC3=O)nc2c1Cl. The number of aromatic nitrogens is 3. The monoisotopic (exact) mass is 472 g/mol. The molecule has 0 aromatic carbocycles. The van der Waals surface area contributed by atoms with Gasteiger partial charge in [0.05, 0.1) is 24.9 Å². The molecule has 2 aromatic heterocycles. The lowest BCUT2D eigenvalue weighted by Crippen LogP contribution is -2.40. The van der Waals surface area contributed by atoms with Gasteiger partial charge in [-0.1, -0.05) is 24.4 Å². The molecule has 3 N–H and O–H groups in total. The van der Waals surface area contributed by atoms with Crippen molar-refractivity contribution in [3.8, 4) is 11.9 Å². The van der Waals surface area contributed by atoms with Crippen LogP contribution in [0.5, 0.6) is 5.88 Å². The summed E-state index contributed by atoms with van der Waals surface area (Å²) in [6.45, 7) is 0.581. The van der Waals surface area contributed by atoms with E-state index in [-0.39, 0.29) is 53.1 Å². The molecule has 1 aliphatic carbocycles. The van der Waals surface area contributed by atoms with Gasteiger partial charge in [-0.05, 0) is 25.2 Å². The van der Waals surface area contributed by atoms with E-state index < -0.39 is 12.0 Å². The summed E-state index contributed by atoms with van der Waals surface area (Å²) >= 11 is 6.24. The number of carbonyl (C=O) groups is 3. The fourth-order valence-corrected chi connectivity index (χ4v) is 4.42. The number of ether oxygens (including phenoxy) is 1. The molecule has 3 heterocycles. The largest absolute Gasteiger partial charge is 0.480 e. The number of nitrogens with one attached hydrogen (secondary N) is 3. The van der Waals surface area contributed by atoms with Crippen molar-refractivity contribution in [2.75, 3.05) is 13.7 Å². The molecular weight excluding hydrogens is 448 g/mol. The molecule has 10 nitrogen and oxygen atoms in total. The molecule has 11 heteroatoms. The summed E-state index contributed by atoms with van der Waals surface area (Å²) in [6.07, 6.45) is 4.94. The van der Waals surface area contributed by atoms with Crippen LogP contribution < -0.4 is 15.4 Å². The van der Waals surface area contributed by atoms with Gasteiger partial charge in [0.1, 0.15) is 16.6 Å². The topological polar surface area (TPSA) is 150 Å². The summed E-state index contributed by atoms with van der Waals surface area (Å²) in [7, 11) is 1.44. The van der Waals surface area contributed by atoms with Crippen LogP contribution in [0.3, 0.4) is 0 Å². The lowest BCUT2D eigenvalue weighted by molar-refractivity contribution is -0.127. The zero-order chi connectivity index (χ0) is 23.5. The molecule has 2 aliphatic rings. The Balaban J connectivity index is 1.45. The summed E-state index contributed by atoms with van der Waals surface area (Å²) in [6, 6.07) is 1.29. The lowest BCUT2D eigenvalue weighted by atomic mass is 9.93. The Bertz CT molecular complexity index is 1120. The average Bonchev–Trinajstić information content (AvgIpc) is 3.36. The molecule has 3 atom stereocenters. The van der Waals surface area contributed by atoms with E-state index >= 15 is 0 Å². The minimum absolute atomic E-state index is 0.0492. The zero-order valence-corrected chi connectivity index (χ0v) is 18.9. The first kappa shape index (κ1) is 23.0. The van der Waals surface area contributed by atoms with E-state index in [1.807, 2.05) is 0 Å². The summed E-state index contributed by atoms with van der Waals surface area (Å²) in [4.78, 5) is 49.1. The van der Waals surface area contributed by atoms with Crippen LogP contribution >= 0.6 is 11.6 Å². The van der Waals surface area contributed by atoms with Crippen molar-refractivity contribution in [2.24, 2.45) is 17.8 Å². The van der Waals surface area contributed by atoms with Gasteiger partial charge < -0.3 is 20.4 Å². The molecule has 1 saturated carbocycles. The second-order valence-corrected chi connectivity index (χ2v) is 9.01. The number of hydrogen-bond acceptors (Lipinski definition) is 7. The van der Waals surface area contributed by atoms with Gasteiger partial charge in [-0.15, -0.1) is 0 Å².